The van der Waals surface area contributed by atoms with E-state index in [1.165, 1.54) is 6.33 Å². The van der Waals surface area contributed by atoms with E-state index in [9.17, 15) is 4.79 Å². The molecule has 2 aromatic rings. The van der Waals surface area contributed by atoms with Gasteiger partial charge in [-0.2, -0.15) is 0 Å². The molecule has 0 bridgehead atoms. The number of H-pyrrole nitrogens is 2. The van der Waals surface area contributed by atoms with Crippen LogP contribution in [0.1, 0.15) is 17.7 Å². The third kappa shape index (κ3) is 1.17. The lowest BCUT2D eigenvalue weighted by atomic mass is 9.91. The van der Waals surface area contributed by atoms with Crippen LogP contribution in [0.3, 0.4) is 0 Å². The van der Waals surface area contributed by atoms with Gasteiger partial charge in [-0.15, -0.1) is 0 Å². The number of nitrogens with one attached hydrogen (secondary N) is 2. The number of rotatable bonds is 0. The maximum atomic E-state index is 11.8. The molecule has 1 aliphatic carbocycles. The summed E-state index contributed by atoms with van der Waals surface area (Å²) >= 11 is 0. The summed E-state index contributed by atoms with van der Waals surface area (Å²) in [6.45, 7) is 0. The molecule has 1 spiro atoms. The fraction of sp³-hybridized carbons (Fsp3) is 0.333. The van der Waals surface area contributed by atoms with Crippen molar-refractivity contribution in [2.45, 2.75) is 25.0 Å². The van der Waals surface area contributed by atoms with Gasteiger partial charge in [0.05, 0.1) is 18.1 Å². The van der Waals surface area contributed by atoms with Crippen molar-refractivity contribution in [3.05, 3.63) is 40.5 Å². The zero-order chi connectivity index (χ0) is 12.2. The van der Waals surface area contributed by atoms with Gasteiger partial charge >= 0.3 is 0 Å². The van der Waals surface area contributed by atoms with Crippen LogP contribution in [-0.4, -0.2) is 20.7 Å². The molecule has 2 aromatic heterocycles. The second-order valence-electron chi connectivity index (χ2n) is 4.63. The van der Waals surface area contributed by atoms with E-state index in [4.69, 9.17) is 9.47 Å². The van der Waals surface area contributed by atoms with Crippen molar-refractivity contribution in [2.24, 2.45) is 0 Å². The monoisotopic (exact) mass is 245 g/mol. The first-order valence-electron chi connectivity index (χ1n) is 5.85. The van der Waals surface area contributed by atoms with Gasteiger partial charge < -0.3 is 19.4 Å². The molecular weight excluding hydrogens is 234 g/mol. The molecule has 0 fully saturated rings. The first-order valence-corrected chi connectivity index (χ1v) is 5.85. The predicted octanol–water partition coefficient (Wildman–Crippen LogP) is 0.954. The summed E-state index contributed by atoms with van der Waals surface area (Å²) in [7, 11) is 0. The van der Waals surface area contributed by atoms with Crippen molar-refractivity contribution >= 4 is 11.0 Å². The molecule has 0 saturated heterocycles. The average molecular weight is 245 g/mol. The van der Waals surface area contributed by atoms with Crippen LogP contribution in [0.5, 0.6) is 0 Å². The molecule has 0 aromatic carbocycles. The lowest BCUT2D eigenvalue weighted by Gasteiger charge is -2.31. The largest absolute Gasteiger partial charge is 0.456 e. The Bertz CT molecular complexity index is 705. The van der Waals surface area contributed by atoms with Gasteiger partial charge in [0, 0.05) is 12.1 Å². The minimum atomic E-state index is -0.597. The second kappa shape index (κ2) is 3.16. The predicted molar refractivity (Wildman–Crippen MR) is 62.8 cm³/mol. The van der Waals surface area contributed by atoms with Gasteiger partial charge in [-0.25, -0.2) is 4.98 Å². The van der Waals surface area contributed by atoms with Crippen LogP contribution in [0, 0.1) is 0 Å². The molecule has 6 nitrogen and oxygen atoms in total. The normalized spacial score (nSPS) is 19.8. The van der Waals surface area contributed by atoms with Crippen LogP contribution < -0.4 is 5.56 Å². The number of nitrogens with zero attached hydrogens (tertiary/aromatic N) is 1. The third-order valence-electron chi connectivity index (χ3n) is 3.61. The van der Waals surface area contributed by atoms with E-state index in [0.29, 0.717) is 17.5 Å². The molecule has 0 radical (unpaired) electrons. The van der Waals surface area contributed by atoms with E-state index in [2.05, 4.69) is 15.0 Å². The molecule has 2 aliphatic rings. The third-order valence-corrected chi connectivity index (χ3v) is 3.61. The molecule has 6 heteroatoms. The van der Waals surface area contributed by atoms with Gasteiger partial charge in [-0.1, -0.05) is 0 Å². The first-order chi connectivity index (χ1) is 8.77. The van der Waals surface area contributed by atoms with Crippen LogP contribution in [0.25, 0.3) is 11.0 Å². The zero-order valence-electron chi connectivity index (χ0n) is 9.53. The first kappa shape index (κ1) is 9.76. The summed E-state index contributed by atoms with van der Waals surface area (Å²) in [5, 5.41) is 0.660. The van der Waals surface area contributed by atoms with Gasteiger partial charge in [0.25, 0.3) is 11.3 Å². The Morgan fingerprint density at radius 2 is 2.17 bits per heavy atom. The van der Waals surface area contributed by atoms with Crippen molar-refractivity contribution in [3.8, 4) is 0 Å². The Balaban J connectivity index is 1.88. The van der Waals surface area contributed by atoms with Crippen LogP contribution in [0.4, 0.5) is 0 Å². The van der Waals surface area contributed by atoms with E-state index in [1.807, 2.05) is 0 Å². The van der Waals surface area contributed by atoms with Crippen LogP contribution in [0.2, 0.25) is 0 Å². The summed E-state index contributed by atoms with van der Waals surface area (Å²) < 4.78 is 11.1. The molecule has 3 heterocycles. The summed E-state index contributed by atoms with van der Waals surface area (Å²) in [5.41, 5.74) is 2.54. The molecule has 2 N–H and O–H groups in total. The lowest BCUT2D eigenvalue weighted by molar-refractivity contribution is -0.148. The second-order valence-corrected chi connectivity index (χ2v) is 4.63. The number of aryl methyl sites for hydroxylation is 1. The van der Waals surface area contributed by atoms with E-state index < -0.39 is 5.79 Å². The van der Waals surface area contributed by atoms with Crippen LogP contribution in [0.15, 0.2) is 23.6 Å². The Labute approximate surface area is 102 Å². The maximum absolute atomic E-state index is 11.8. The highest BCUT2D eigenvalue weighted by Gasteiger charge is 2.41. The Kier molecular flexibility index (Phi) is 1.71. The molecule has 18 heavy (non-hydrogen) atoms. The van der Waals surface area contributed by atoms with Crippen LogP contribution in [-0.2, 0) is 22.3 Å². The van der Waals surface area contributed by atoms with Gasteiger partial charge in [0.2, 0.25) is 0 Å². The molecule has 4 rings (SSSR count). The van der Waals surface area contributed by atoms with E-state index >= 15 is 0 Å². The Morgan fingerprint density at radius 3 is 3.00 bits per heavy atom. The van der Waals surface area contributed by atoms with Crippen molar-refractivity contribution in [1.82, 2.24) is 15.0 Å². The summed E-state index contributed by atoms with van der Waals surface area (Å²) in [6, 6.07) is 0. The molecule has 1 aliphatic heterocycles. The highest BCUT2D eigenvalue weighted by Crippen LogP contribution is 2.37. The number of aromatic nitrogens is 3. The highest BCUT2D eigenvalue weighted by atomic mass is 16.7. The Hall–Kier alpha value is -2.24. The number of hydrogen-bond donors (Lipinski definition) is 2. The lowest BCUT2D eigenvalue weighted by Crippen LogP contribution is -2.36. The molecule has 0 amide bonds. The van der Waals surface area contributed by atoms with E-state index in [-0.39, 0.29) is 5.56 Å². The number of hydrogen-bond acceptors (Lipinski definition) is 4. The fourth-order valence-electron chi connectivity index (χ4n) is 2.78. The topological polar surface area (TPSA) is 80.0 Å². The highest BCUT2D eigenvalue weighted by molar-refractivity contribution is 5.80. The minimum absolute atomic E-state index is 0.0974. The Morgan fingerprint density at radius 1 is 1.33 bits per heavy atom. The zero-order valence-corrected chi connectivity index (χ0v) is 9.53. The summed E-state index contributed by atoms with van der Waals surface area (Å²) in [5.74, 6) is -0.597. The van der Waals surface area contributed by atoms with Gasteiger partial charge in [0.15, 0.2) is 0 Å². The van der Waals surface area contributed by atoms with E-state index in [1.54, 1.807) is 12.5 Å². The maximum Gasteiger partial charge on any atom is 0.260 e. The summed E-state index contributed by atoms with van der Waals surface area (Å²) in [6.07, 6.45) is 6.62. The minimum Gasteiger partial charge on any atom is -0.456 e. The van der Waals surface area contributed by atoms with Gasteiger partial charge in [0.1, 0.15) is 18.2 Å². The quantitative estimate of drug-likeness (QED) is 0.724. The van der Waals surface area contributed by atoms with Crippen molar-refractivity contribution in [1.29, 1.82) is 0 Å². The van der Waals surface area contributed by atoms with Crippen molar-refractivity contribution in [3.63, 3.8) is 0 Å². The average Bonchev–Trinajstić information content (AvgIpc) is 2.94. The smallest absolute Gasteiger partial charge is 0.260 e. The number of aromatic amines is 2. The van der Waals surface area contributed by atoms with Gasteiger partial charge in [-0.3, -0.25) is 4.79 Å². The van der Waals surface area contributed by atoms with Gasteiger partial charge in [-0.05, 0) is 12.0 Å². The number of fused-ring (bicyclic) bond motifs is 3. The fourth-order valence-corrected chi connectivity index (χ4v) is 2.78. The van der Waals surface area contributed by atoms with E-state index in [0.717, 1.165) is 24.1 Å². The molecule has 0 atom stereocenters. The SMILES string of the molecule is O=c1[nH]cnc2[nH]c3c(c12)CCC1(C3)OC=CO1. The molecular formula is C12H11N3O3. The van der Waals surface area contributed by atoms with Crippen molar-refractivity contribution < 1.29 is 9.47 Å². The molecule has 92 valence electrons. The molecule has 0 saturated carbocycles. The van der Waals surface area contributed by atoms with Crippen molar-refractivity contribution in [2.75, 3.05) is 0 Å². The standard InChI is InChI=1S/C12H11N3O3/c16-11-9-7-1-2-12(17-3-4-18-12)5-8(7)15-10(9)13-6-14-11/h3-4,6H,1-2,5H2,(H2,13,14,15,16). The number of ether oxygens (including phenoxy) is 2. The summed E-state index contributed by atoms with van der Waals surface area (Å²) in [4.78, 5) is 21.8. The molecule has 0 unspecified atom stereocenters. The van der Waals surface area contributed by atoms with Crippen LogP contribution >= 0.6 is 0 Å².